The number of hydrogen-bond acceptors (Lipinski definition) is 3. The van der Waals surface area contributed by atoms with Crippen molar-refractivity contribution in [1.82, 2.24) is 4.90 Å². The highest BCUT2D eigenvalue weighted by atomic mass is 16.5. The normalized spacial score (nSPS) is 23.5. The maximum Gasteiger partial charge on any atom is 0.119 e. The van der Waals surface area contributed by atoms with Crippen molar-refractivity contribution in [1.29, 1.82) is 0 Å². The number of aryl methyl sites for hydroxylation is 1. The van der Waals surface area contributed by atoms with Gasteiger partial charge in [0, 0.05) is 12.5 Å². The molecule has 0 spiro atoms. The van der Waals surface area contributed by atoms with E-state index >= 15 is 0 Å². The van der Waals surface area contributed by atoms with Crippen molar-refractivity contribution in [3.63, 3.8) is 0 Å². The molecule has 1 aliphatic rings. The van der Waals surface area contributed by atoms with Crippen molar-refractivity contribution >= 4 is 6.08 Å². The van der Waals surface area contributed by atoms with E-state index < -0.39 is 5.60 Å². The van der Waals surface area contributed by atoms with Gasteiger partial charge in [0.1, 0.15) is 5.75 Å². The number of nitrogens with zero attached hydrogens (tertiary/aromatic N) is 1. The van der Waals surface area contributed by atoms with E-state index in [2.05, 4.69) is 67.5 Å². The number of rotatable bonds is 8. The van der Waals surface area contributed by atoms with Gasteiger partial charge in [0.2, 0.25) is 0 Å². The largest absolute Gasteiger partial charge is 0.497 e. The fraction of sp³-hybridized carbons (Fsp3) is 0.481. The molecule has 1 aliphatic carbocycles. The smallest absolute Gasteiger partial charge is 0.119 e. The van der Waals surface area contributed by atoms with Gasteiger partial charge >= 0.3 is 0 Å². The third kappa shape index (κ3) is 5.96. The van der Waals surface area contributed by atoms with Crippen LogP contribution in [0.15, 0.2) is 60.2 Å². The Balaban J connectivity index is 1.88. The topological polar surface area (TPSA) is 32.7 Å². The molecule has 3 rings (SSSR count). The van der Waals surface area contributed by atoms with Crippen molar-refractivity contribution in [2.75, 3.05) is 27.7 Å². The zero-order chi connectivity index (χ0) is 21.4. The summed E-state index contributed by atoms with van der Waals surface area (Å²) in [5.74, 6) is 1.11. The Labute approximate surface area is 182 Å². The number of methoxy groups -OCH3 is 1. The monoisotopic (exact) mass is 407 g/mol. The quantitative estimate of drug-likeness (QED) is 0.580. The molecular formula is C27H37NO2. The fourth-order valence-corrected chi connectivity index (χ4v) is 4.81. The fourth-order valence-electron chi connectivity index (χ4n) is 4.81. The zero-order valence-corrected chi connectivity index (χ0v) is 18.8. The Morgan fingerprint density at radius 1 is 1.10 bits per heavy atom. The summed E-state index contributed by atoms with van der Waals surface area (Å²) in [6, 6.07) is 18.8. The lowest BCUT2D eigenvalue weighted by atomic mass is 9.75. The van der Waals surface area contributed by atoms with E-state index in [1.165, 1.54) is 17.6 Å². The molecule has 0 bridgehead atoms. The third-order valence-electron chi connectivity index (χ3n) is 6.37. The lowest BCUT2D eigenvalue weighted by molar-refractivity contribution is -0.00391. The highest BCUT2D eigenvalue weighted by Crippen LogP contribution is 2.41. The summed E-state index contributed by atoms with van der Waals surface area (Å²) in [5.41, 5.74) is 2.88. The SMILES string of the molecule is COc1cccc(C=C2CCCCC(CN(C)C)C2(O)CCCc2ccccc2)c1. The average molecular weight is 408 g/mol. The summed E-state index contributed by atoms with van der Waals surface area (Å²) in [5, 5.41) is 12.2. The second-order valence-corrected chi connectivity index (χ2v) is 8.91. The first kappa shape index (κ1) is 22.6. The Morgan fingerprint density at radius 2 is 1.90 bits per heavy atom. The molecule has 0 saturated heterocycles. The summed E-state index contributed by atoms with van der Waals surface area (Å²) in [6.45, 7) is 0.914. The lowest BCUT2D eigenvalue weighted by Gasteiger charge is -2.39. The van der Waals surface area contributed by atoms with E-state index in [1.807, 2.05) is 12.1 Å². The molecule has 2 unspecified atom stereocenters. The van der Waals surface area contributed by atoms with Crippen LogP contribution in [0.2, 0.25) is 0 Å². The van der Waals surface area contributed by atoms with Gasteiger partial charge in [-0.15, -0.1) is 0 Å². The maximum absolute atomic E-state index is 12.2. The molecule has 0 aliphatic heterocycles. The van der Waals surface area contributed by atoms with Gasteiger partial charge in [-0.25, -0.2) is 0 Å². The number of benzene rings is 2. The molecule has 0 radical (unpaired) electrons. The predicted molar refractivity (Wildman–Crippen MR) is 126 cm³/mol. The highest BCUT2D eigenvalue weighted by molar-refractivity contribution is 5.57. The molecule has 0 amide bonds. The Kier molecular flexibility index (Phi) is 8.12. The molecule has 3 heteroatoms. The van der Waals surface area contributed by atoms with E-state index in [4.69, 9.17) is 4.74 Å². The minimum atomic E-state index is -0.765. The van der Waals surface area contributed by atoms with Gasteiger partial charge in [-0.2, -0.15) is 0 Å². The second-order valence-electron chi connectivity index (χ2n) is 8.91. The summed E-state index contributed by atoms with van der Waals surface area (Å²) in [7, 11) is 5.92. The van der Waals surface area contributed by atoms with Crippen molar-refractivity contribution in [2.45, 2.75) is 50.5 Å². The van der Waals surface area contributed by atoms with Crippen LogP contribution < -0.4 is 4.74 Å². The molecule has 1 saturated carbocycles. The number of hydrogen-bond donors (Lipinski definition) is 1. The van der Waals surface area contributed by atoms with Crippen LogP contribution in [0.5, 0.6) is 5.75 Å². The maximum atomic E-state index is 12.2. The highest BCUT2D eigenvalue weighted by Gasteiger charge is 2.40. The second kappa shape index (κ2) is 10.8. The Hall–Kier alpha value is -2.10. The first-order valence-corrected chi connectivity index (χ1v) is 11.3. The molecule has 1 N–H and O–H groups in total. The van der Waals surface area contributed by atoms with Crippen molar-refractivity contribution in [2.24, 2.45) is 5.92 Å². The first-order valence-electron chi connectivity index (χ1n) is 11.3. The molecule has 0 heterocycles. The molecule has 30 heavy (non-hydrogen) atoms. The molecular weight excluding hydrogens is 370 g/mol. The molecule has 1 fully saturated rings. The molecule has 0 aromatic heterocycles. The van der Waals surface area contributed by atoms with E-state index in [1.54, 1.807) is 7.11 Å². The molecule has 2 aromatic carbocycles. The van der Waals surface area contributed by atoms with Gasteiger partial charge in [0.05, 0.1) is 12.7 Å². The summed E-state index contributed by atoms with van der Waals surface area (Å²) in [6.07, 6.45) is 9.37. The van der Waals surface area contributed by atoms with Gasteiger partial charge in [0.15, 0.2) is 0 Å². The summed E-state index contributed by atoms with van der Waals surface area (Å²) < 4.78 is 5.41. The van der Waals surface area contributed by atoms with Gasteiger partial charge in [-0.1, -0.05) is 55.0 Å². The van der Waals surface area contributed by atoms with Crippen LogP contribution in [0.1, 0.15) is 49.7 Å². The van der Waals surface area contributed by atoms with Crippen LogP contribution >= 0.6 is 0 Å². The van der Waals surface area contributed by atoms with E-state index in [0.717, 1.165) is 56.4 Å². The van der Waals surface area contributed by atoms with Gasteiger partial charge < -0.3 is 14.7 Å². The predicted octanol–water partition coefficient (Wildman–Crippen LogP) is 5.58. The Bertz CT molecular complexity index is 815. The molecule has 162 valence electrons. The van der Waals surface area contributed by atoms with Gasteiger partial charge in [-0.05, 0) is 81.5 Å². The standard InChI is InChI=1S/C27H37NO2/c1-28(2)21-25-16-8-7-15-24(19-23-13-9-17-26(20-23)30-3)27(25,29)18-10-14-22-11-5-4-6-12-22/h4-6,9,11-13,17,19-20,25,29H,7-8,10,14-16,18,21H2,1-3H3. The third-order valence-corrected chi connectivity index (χ3v) is 6.37. The van der Waals surface area contributed by atoms with Crippen LogP contribution in [0, 0.1) is 5.92 Å². The van der Waals surface area contributed by atoms with E-state index in [9.17, 15) is 5.11 Å². The zero-order valence-electron chi connectivity index (χ0n) is 18.8. The van der Waals surface area contributed by atoms with Crippen LogP contribution in [0.4, 0.5) is 0 Å². The van der Waals surface area contributed by atoms with E-state index in [0.29, 0.717) is 0 Å². The average Bonchev–Trinajstić information content (AvgIpc) is 2.88. The van der Waals surface area contributed by atoms with Gasteiger partial charge in [-0.3, -0.25) is 0 Å². The molecule has 2 atom stereocenters. The lowest BCUT2D eigenvalue weighted by Crippen LogP contribution is -2.44. The van der Waals surface area contributed by atoms with Crippen LogP contribution in [0.3, 0.4) is 0 Å². The number of aliphatic hydroxyl groups is 1. The molecule has 2 aromatic rings. The van der Waals surface area contributed by atoms with Crippen molar-refractivity contribution in [3.05, 3.63) is 71.3 Å². The first-order chi connectivity index (χ1) is 14.5. The van der Waals surface area contributed by atoms with E-state index in [-0.39, 0.29) is 5.92 Å². The molecule has 3 nitrogen and oxygen atoms in total. The van der Waals surface area contributed by atoms with Crippen LogP contribution in [0.25, 0.3) is 6.08 Å². The van der Waals surface area contributed by atoms with Gasteiger partial charge in [0.25, 0.3) is 0 Å². The Morgan fingerprint density at radius 3 is 2.63 bits per heavy atom. The van der Waals surface area contributed by atoms with Crippen molar-refractivity contribution in [3.8, 4) is 5.75 Å². The summed E-state index contributed by atoms with van der Waals surface area (Å²) in [4.78, 5) is 2.22. The minimum absolute atomic E-state index is 0.252. The van der Waals surface area contributed by atoms with Crippen LogP contribution in [-0.2, 0) is 6.42 Å². The summed E-state index contributed by atoms with van der Waals surface area (Å²) >= 11 is 0. The minimum Gasteiger partial charge on any atom is -0.497 e. The number of ether oxygens (including phenoxy) is 1. The van der Waals surface area contributed by atoms with Crippen molar-refractivity contribution < 1.29 is 9.84 Å². The van der Waals surface area contributed by atoms with Crippen LogP contribution in [-0.4, -0.2) is 43.4 Å².